The number of ether oxygens (including phenoxy) is 1. The highest BCUT2D eigenvalue weighted by Crippen LogP contribution is 2.42. The molecule has 5 rings (SSSR count). The van der Waals surface area contributed by atoms with E-state index in [2.05, 4.69) is 59.5 Å². The maximum Gasteiger partial charge on any atom is 0.146 e. The number of rotatable bonds is 8. The number of fused-ring (bicyclic) bond motifs is 1. The van der Waals surface area contributed by atoms with E-state index in [1.807, 2.05) is 30.3 Å². The molecule has 36 heavy (non-hydrogen) atoms. The number of benzene rings is 2. The van der Waals surface area contributed by atoms with E-state index in [-0.39, 0.29) is 0 Å². The van der Waals surface area contributed by atoms with Crippen molar-refractivity contribution in [2.75, 3.05) is 18.8 Å². The molecule has 2 N–H and O–H groups in total. The van der Waals surface area contributed by atoms with Crippen LogP contribution in [-0.4, -0.2) is 38.6 Å². The topological polar surface area (TPSA) is 69.2 Å². The summed E-state index contributed by atoms with van der Waals surface area (Å²) in [7, 11) is 0. The fraction of sp³-hybridized carbons (Fsp3) is 0.400. The van der Waals surface area contributed by atoms with Crippen LogP contribution in [0.4, 0.5) is 5.82 Å². The predicted octanol–water partition coefficient (Wildman–Crippen LogP) is 6.39. The molecule has 1 saturated carbocycles. The number of hydrogen-bond donors (Lipinski definition) is 1. The lowest BCUT2D eigenvalue weighted by atomic mass is 9.89. The minimum Gasteiger partial charge on any atom is -0.489 e. The molecule has 0 amide bonds. The summed E-state index contributed by atoms with van der Waals surface area (Å²) in [4.78, 5) is 11.7. The van der Waals surface area contributed by atoms with Crippen molar-refractivity contribution in [3.63, 3.8) is 0 Å². The third-order valence-electron chi connectivity index (χ3n) is 7.79. The van der Waals surface area contributed by atoms with Crippen molar-refractivity contribution in [3.8, 4) is 16.9 Å². The molecular weight excluding hydrogens is 446 g/mol. The zero-order valence-electron chi connectivity index (χ0n) is 21.7. The van der Waals surface area contributed by atoms with Crippen LogP contribution in [0.2, 0.25) is 0 Å². The first kappa shape index (κ1) is 24.3. The van der Waals surface area contributed by atoms with E-state index < -0.39 is 0 Å². The molecule has 0 spiro atoms. The molecule has 1 fully saturated rings. The van der Waals surface area contributed by atoms with Gasteiger partial charge in [-0.15, -0.1) is 0 Å². The van der Waals surface area contributed by atoms with Gasteiger partial charge in [-0.1, -0.05) is 56.3 Å². The molecule has 0 bridgehead atoms. The van der Waals surface area contributed by atoms with E-state index in [9.17, 15) is 0 Å². The minimum atomic E-state index is 0.417. The van der Waals surface area contributed by atoms with Crippen molar-refractivity contribution in [1.29, 1.82) is 0 Å². The smallest absolute Gasteiger partial charge is 0.146 e. The third-order valence-corrected chi connectivity index (χ3v) is 7.79. The lowest BCUT2D eigenvalue weighted by molar-refractivity contribution is 0.151. The lowest BCUT2D eigenvalue weighted by Gasteiger charge is -2.36. The van der Waals surface area contributed by atoms with Gasteiger partial charge in [0.15, 0.2) is 0 Å². The summed E-state index contributed by atoms with van der Waals surface area (Å²) in [5.74, 6) is 1.37. The molecule has 6 heteroatoms. The Bertz CT molecular complexity index is 1300. The Morgan fingerprint density at radius 1 is 0.972 bits per heavy atom. The van der Waals surface area contributed by atoms with Crippen LogP contribution in [-0.2, 0) is 6.61 Å². The number of anilines is 1. The van der Waals surface area contributed by atoms with Crippen LogP contribution in [0.1, 0.15) is 56.8 Å². The normalized spacial score (nSPS) is 18.1. The average Bonchev–Trinajstić information content (AvgIpc) is 3.22. The largest absolute Gasteiger partial charge is 0.489 e. The molecule has 2 heterocycles. The van der Waals surface area contributed by atoms with Gasteiger partial charge in [0.05, 0.1) is 5.39 Å². The van der Waals surface area contributed by atoms with Gasteiger partial charge in [0.1, 0.15) is 30.1 Å². The van der Waals surface area contributed by atoms with E-state index in [0.29, 0.717) is 24.5 Å². The highest BCUT2D eigenvalue weighted by atomic mass is 16.5. The molecule has 0 aliphatic heterocycles. The summed E-state index contributed by atoms with van der Waals surface area (Å²) in [6, 6.07) is 19.6. The van der Waals surface area contributed by atoms with Crippen LogP contribution in [0, 0.1) is 6.92 Å². The van der Waals surface area contributed by atoms with Gasteiger partial charge in [-0.2, -0.15) is 0 Å². The fourth-order valence-corrected chi connectivity index (χ4v) is 5.98. The number of aromatic nitrogens is 3. The Hall–Kier alpha value is -3.38. The van der Waals surface area contributed by atoms with Crippen LogP contribution in [0.25, 0.3) is 22.2 Å². The van der Waals surface area contributed by atoms with Crippen molar-refractivity contribution in [2.45, 2.75) is 65.1 Å². The Balaban J connectivity index is 1.48. The molecule has 188 valence electrons. The maximum absolute atomic E-state index is 6.47. The fourth-order valence-electron chi connectivity index (χ4n) is 5.98. The Morgan fingerprint density at radius 2 is 1.72 bits per heavy atom. The molecule has 1 aliphatic carbocycles. The van der Waals surface area contributed by atoms with Gasteiger partial charge in [0, 0.05) is 23.3 Å². The zero-order valence-corrected chi connectivity index (χ0v) is 21.7. The second-order valence-corrected chi connectivity index (χ2v) is 9.77. The van der Waals surface area contributed by atoms with E-state index in [4.69, 9.17) is 15.5 Å². The summed E-state index contributed by atoms with van der Waals surface area (Å²) in [5.41, 5.74) is 12.0. The second kappa shape index (κ2) is 10.7. The molecular formula is C30H37N5O. The van der Waals surface area contributed by atoms with Crippen molar-refractivity contribution in [1.82, 2.24) is 19.4 Å². The van der Waals surface area contributed by atoms with Crippen LogP contribution in [0.3, 0.4) is 0 Å². The van der Waals surface area contributed by atoms with Gasteiger partial charge in [0.25, 0.3) is 0 Å². The number of nitrogen functional groups attached to an aromatic ring is 1. The first-order valence-electron chi connectivity index (χ1n) is 13.2. The van der Waals surface area contributed by atoms with Crippen molar-refractivity contribution < 1.29 is 4.74 Å². The lowest BCUT2D eigenvalue weighted by Crippen LogP contribution is -2.38. The van der Waals surface area contributed by atoms with Gasteiger partial charge in [-0.25, -0.2) is 9.97 Å². The summed E-state index contributed by atoms with van der Waals surface area (Å²) < 4.78 is 8.57. The number of hydrogen-bond acceptors (Lipinski definition) is 5. The standard InChI is InChI=1S/C30H37N5O/c1-4-34(5-2)24-14-16-25(17-15-24)35-21(3)27(28-29(31)32-20-33-30(28)35)23-12-9-13-26(18-23)36-19-22-10-7-6-8-11-22/h6-13,18,20,24-25H,4-5,14-17,19H2,1-3H3,(H2,31,32,33). The van der Waals surface area contributed by atoms with Gasteiger partial charge in [-0.05, 0) is 69.0 Å². The summed E-state index contributed by atoms with van der Waals surface area (Å²) in [6.45, 7) is 9.50. The Labute approximate surface area is 214 Å². The van der Waals surface area contributed by atoms with Gasteiger partial charge < -0.3 is 19.9 Å². The quantitative estimate of drug-likeness (QED) is 0.314. The zero-order chi connectivity index (χ0) is 25.1. The van der Waals surface area contributed by atoms with E-state index >= 15 is 0 Å². The first-order valence-corrected chi connectivity index (χ1v) is 13.2. The van der Waals surface area contributed by atoms with Crippen LogP contribution in [0.5, 0.6) is 5.75 Å². The van der Waals surface area contributed by atoms with Crippen LogP contribution >= 0.6 is 0 Å². The number of nitrogens with zero attached hydrogens (tertiary/aromatic N) is 4. The first-order chi connectivity index (χ1) is 17.6. The molecule has 0 atom stereocenters. The summed E-state index contributed by atoms with van der Waals surface area (Å²) in [6.07, 6.45) is 6.32. The molecule has 1 aliphatic rings. The number of nitrogens with two attached hydrogens (primary N) is 1. The summed E-state index contributed by atoms with van der Waals surface area (Å²) >= 11 is 0. The molecule has 0 radical (unpaired) electrons. The Kier molecular flexibility index (Phi) is 7.23. The van der Waals surface area contributed by atoms with Crippen molar-refractivity contribution in [3.05, 3.63) is 72.2 Å². The molecule has 4 aromatic rings. The SMILES string of the molecule is CCN(CC)C1CCC(n2c(C)c(-c3cccc(OCc4ccccc4)c3)c3c(N)ncnc32)CC1. The third kappa shape index (κ3) is 4.70. The molecule has 2 aromatic heterocycles. The predicted molar refractivity (Wildman–Crippen MR) is 147 cm³/mol. The molecule has 2 aromatic carbocycles. The summed E-state index contributed by atoms with van der Waals surface area (Å²) in [5, 5.41) is 0.945. The van der Waals surface area contributed by atoms with Crippen molar-refractivity contribution in [2.24, 2.45) is 0 Å². The van der Waals surface area contributed by atoms with Crippen molar-refractivity contribution >= 4 is 16.9 Å². The highest BCUT2D eigenvalue weighted by molar-refractivity contribution is 6.02. The van der Waals surface area contributed by atoms with E-state index in [1.54, 1.807) is 6.33 Å². The second-order valence-electron chi connectivity index (χ2n) is 9.77. The highest BCUT2D eigenvalue weighted by Gasteiger charge is 2.29. The molecule has 0 unspecified atom stereocenters. The Morgan fingerprint density at radius 3 is 2.44 bits per heavy atom. The van der Waals surface area contributed by atoms with Gasteiger partial charge >= 0.3 is 0 Å². The van der Waals surface area contributed by atoms with E-state index in [1.165, 1.54) is 18.5 Å². The maximum atomic E-state index is 6.47. The average molecular weight is 484 g/mol. The monoisotopic (exact) mass is 483 g/mol. The minimum absolute atomic E-state index is 0.417. The van der Waals surface area contributed by atoms with E-state index in [0.717, 1.165) is 59.4 Å². The molecule has 6 nitrogen and oxygen atoms in total. The molecule has 0 saturated heterocycles. The van der Waals surface area contributed by atoms with Crippen LogP contribution < -0.4 is 10.5 Å². The van der Waals surface area contributed by atoms with Gasteiger partial charge in [0.2, 0.25) is 0 Å². The van der Waals surface area contributed by atoms with Crippen LogP contribution in [0.15, 0.2) is 60.9 Å². The van der Waals surface area contributed by atoms with Gasteiger partial charge in [-0.3, -0.25) is 0 Å².